The average molecular weight is 612 g/mol. The van der Waals surface area contributed by atoms with E-state index in [1.54, 1.807) is 23.9 Å². The van der Waals surface area contributed by atoms with Crippen LogP contribution in [0.15, 0.2) is 89.4 Å². The Morgan fingerprint density at radius 1 is 0.953 bits per heavy atom. The minimum absolute atomic E-state index is 0.0677. The number of hydrogen-bond acceptors (Lipinski definition) is 9. The van der Waals surface area contributed by atoms with Crippen molar-refractivity contribution in [1.82, 2.24) is 24.6 Å². The van der Waals surface area contributed by atoms with E-state index in [-0.39, 0.29) is 11.6 Å². The van der Waals surface area contributed by atoms with Crippen molar-refractivity contribution in [3.8, 4) is 5.69 Å². The predicted octanol–water partition coefficient (Wildman–Crippen LogP) is 5.79. The topological polar surface area (TPSA) is 110 Å². The van der Waals surface area contributed by atoms with Crippen molar-refractivity contribution < 1.29 is 9.72 Å². The second-order valence-electron chi connectivity index (χ2n) is 10.2. The van der Waals surface area contributed by atoms with Gasteiger partial charge >= 0.3 is 0 Å². The monoisotopic (exact) mass is 611 g/mol. The van der Waals surface area contributed by atoms with Crippen LogP contribution in [0.4, 0.5) is 11.4 Å². The average Bonchev–Trinajstić information content (AvgIpc) is 3.68. The number of thioether (sulfide) groups is 1. The van der Waals surface area contributed by atoms with Crippen LogP contribution in [0.25, 0.3) is 5.69 Å². The Balaban J connectivity index is 1.11. The summed E-state index contributed by atoms with van der Waals surface area (Å²) in [4.78, 5) is 32.4. The number of rotatable bonds is 9. The van der Waals surface area contributed by atoms with E-state index in [9.17, 15) is 14.9 Å². The zero-order valence-electron chi connectivity index (χ0n) is 23.5. The molecule has 6 rings (SSSR count). The van der Waals surface area contributed by atoms with Gasteiger partial charge < -0.3 is 9.80 Å². The van der Waals surface area contributed by atoms with E-state index in [0.717, 1.165) is 38.5 Å². The molecule has 0 unspecified atom stereocenters. The number of non-ortho nitro benzene ring substituents is 1. The van der Waals surface area contributed by atoms with E-state index in [1.807, 2.05) is 40.6 Å². The van der Waals surface area contributed by atoms with Crippen LogP contribution in [-0.4, -0.2) is 61.7 Å². The maximum atomic E-state index is 13.2. The number of nitrogens with zero attached hydrogens (tertiary/aromatic N) is 7. The molecule has 1 aliphatic rings. The maximum absolute atomic E-state index is 13.2. The number of aryl methyl sites for hydroxylation is 1. The fourth-order valence-corrected chi connectivity index (χ4v) is 6.81. The number of nitro groups is 1. The van der Waals surface area contributed by atoms with Crippen molar-refractivity contribution in [3.05, 3.63) is 122 Å². The number of benzene rings is 3. The normalized spacial score (nSPS) is 13.3. The number of aromatic nitrogens is 4. The van der Waals surface area contributed by atoms with Gasteiger partial charge in [-0.2, -0.15) is 0 Å². The molecule has 2 aromatic heterocycles. The lowest BCUT2D eigenvalue weighted by molar-refractivity contribution is -0.384. The summed E-state index contributed by atoms with van der Waals surface area (Å²) in [7, 11) is 0. The highest BCUT2D eigenvalue weighted by Gasteiger charge is 2.25. The molecule has 43 heavy (non-hydrogen) atoms. The zero-order valence-corrected chi connectivity index (χ0v) is 25.1. The molecule has 10 nitrogen and oxygen atoms in total. The SMILES string of the molecule is Cc1ccccc1-n1c(Cc2ccccc2)nnc1SCc1nc(C(=O)N2CCN(c3ccc([N+](=O)[O-])cc3)CC2)cs1. The minimum atomic E-state index is -0.403. The molecular formula is C31H29N7O3S2. The summed E-state index contributed by atoms with van der Waals surface area (Å²) in [5, 5.41) is 23.5. The lowest BCUT2D eigenvalue weighted by Crippen LogP contribution is -2.48. The van der Waals surface area contributed by atoms with Crippen molar-refractivity contribution in [2.45, 2.75) is 24.3 Å². The number of amides is 1. The molecule has 1 aliphatic heterocycles. The van der Waals surface area contributed by atoms with Crippen LogP contribution < -0.4 is 4.90 Å². The van der Waals surface area contributed by atoms with Gasteiger partial charge in [0.1, 0.15) is 16.5 Å². The maximum Gasteiger partial charge on any atom is 0.273 e. The summed E-state index contributed by atoms with van der Waals surface area (Å²) in [6.45, 7) is 4.50. The van der Waals surface area contributed by atoms with E-state index in [1.165, 1.54) is 23.5 Å². The number of carbonyl (C=O) groups excluding carboxylic acids is 1. The molecule has 0 spiro atoms. The van der Waals surface area contributed by atoms with Gasteiger partial charge in [0.25, 0.3) is 11.6 Å². The van der Waals surface area contributed by atoms with Gasteiger partial charge in [0, 0.05) is 55.8 Å². The van der Waals surface area contributed by atoms with Crippen molar-refractivity contribution in [3.63, 3.8) is 0 Å². The molecule has 3 heterocycles. The molecule has 0 atom stereocenters. The van der Waals surface area contributed by atoms with E-state index in [2.05, 4.69) is 55.8 Å². The standard InChI is InChI=1S/C31H29N7O3S2/c1-22-7-5-6-10-27(22)37-28(19-23-8-3-2-4-9-23)33-34-31(37)43-21-29-32-26(20-42-29)30(39)36-17-15-35(16-18-36)24-11-13-25(14-12-24)38(40)41/h2-14,20H,15-19,21H2,1H3. The predicted molar refractivity (Wildman–Crippen MR) is 168 cm³/mol. The van der Waals surface area contributed by atoms with E-state index < -0.39 is 4.92 Å². The van der Waals surface area contributed by atoms with E-state index >= 15 is 0 Å². The largest absolute Gasteiger partial charge is 0.368 e. The summed E-state index contributed by atoms with van der Waals surface area (Å²) in [6.07, 6.45) is 0.663. The number of piperazine rings is 1. The summed E-state index contributed by atoms with van der Waals surface area (Å²) >= 11 is 3.03. The Morgan fingerprint density at radius 2 is 1.67 bits per heavy atom. The van der Waals surface area contributed by atoms with E-state index in [0.29, 0.717) is 44.0 Å². The first-order valence-corrected chi connectivity index (χ1v) is 15.7. The molecule has 1 fully saturated rings. The van der Waals surface area contributed by atoms with Crippen LogP contribution in [0.2, 0.25) is 0 Å². The Bertz CT molecular complexity index is 1730. The second-order valence-corrected chi connectivity index (χ2v) is 12.0. The number of thiazole rings is 1. The summed E-state index contributed by atoms with van der Waals surface area (Å²) in [6, 6.07) is 25.0. The molecular weight excluding hydrogens is 583 g/mol. The zero-order chi connectivity index (χ0) is 29.8. The Kier molecular flexibility index (Phi) is 8.47. The molecule has 0 bridgehead atoms. The molecule has 1 amide bonds. The summed E-state index contributed by atoms with van der Waals surface area (Å²) in [5.41, 5.74) is 4.78. The van der Waals surface area contributed by atoms with Crippen molar-refractivity contribution in [2.75, 3.05) is 31.1 Å². The van der Waals surface area contributed by atoms with Crippen LogP contribution in [0, 0.1) is 17.0 Å². The fraction of sp³-hybridized carbons (Fsp3) is 0.226. The second kappa shape index (κ2) is 12.8. The van der Waals surface area contributed by atoms with Gasteiger partial charge in [-0.1, -0.05) is 60.3 Å². The van der Waals surface area contributed by atoms with Crippen molar-refractivity contribution in [1.29, 1.82) is 0 Å². The number of para-hydroxylation sites is 1. The number of anilines is 1. The minimum Gasteiger partial charge on any atom is -0.368 e. The van der Waals surface area contributed by atoms with Crippen molar-refractivity contribution in [2.24, 2.45) is 0 Å². The molecule has 0 radical (unpaired) electrons. The first kappa shape index (κ1) is 28.6. The number of carbonyl (C=O) groups is 1. The van der Waals surface area contributed by atoms with Crippen molar-refractivity contribution >= 4 is 40.4 Å². The van der Waals surface area contributed by atoms with Crippen LogP contribution in [0.5, 0.6) is 0 Å². The van der Waals surface area contributed by atoms with Crippen LogP contribution >= 0.6 is 23.1 Å². The highest BCUT2D eigenvalue weighted by molar-refractivity contribution is 7.98. The third-order valence-electron chi connectivity index (χ3n) is 7.35. The van der Waals surface area contributed by atoms with E-state index in [4.69, 9.17) is 0 Å². The molecule has 0 N–H and O–H groups in total. The van der Waals surface area contributed by atoms with Crippen LogP contribution in [0.1, 0.15) is 32.4 Å². The van der Waals surface area contributed by atoms with Crippen LogP contribution in [0.3, 0.4) is 0 Å². The molecule has 0 saturated carbocycles. The summed E-state index contributed by atoms with van der Waals surface area (Å²) < 4.78 is 2.12. The van der Waals surface area contributed by atoms with Gasteiger partial charge in [0.2, 0.25) is 0 Å². The Morgan fingerprint density at radius 3 is 2.40 bits per heavy atom. The smallest absolute Gasteiger partial charge is 0.273 e. The number of nitro benzene ring substituents is 1. The lowest BCUT2D eigenvalue weighted by Gasteiger charge is -2.35. The van der Waals surface area contributed by atoms with Crippen LogP contribution in [-0.2, 0) is 12.2 Å². The molecule has 218 valence electrons. The molecule has 1 saturated heterocycles. The van der Waals surface area contributed by atoms with Gasteiger partial charge in [-0.05, 0) is 36.2 Å². The molecule has 5 aromatic rings. The highest BCUT2D eigenvalue weighted by atomic mass is 32.2. The third kappa shape index (κ3) is 6.45. The number of hydrogen-bond donors (Lipinski definition) is 0. The first-order valence-electron chi connectivity index (χ1n) is 13.9. The highest BCUT2D eigenvalue weighted by Crippen LogP contribution is 2.29. The summed E-state index contributed by atoms with van der Waals surface area (Å²) in [5.74, 6) is 1.36. The fourth-order valence-electron chi connectivity index (χ4n) is 5.06. The molecule has 3 aromatic carbocycles. The van der Waals surface area contributed by atoms with Gasteiger partial charge in [0.05, 0.1) is 16.4 Å². The Labute approximate surface area is 257 Å². The quantitative estimate of drug-likeness (QED) is 0.117. The third-order valence-corrected chi connectivity index (χ3v) is 9.32. The molecule has 12 heteroatoms. The molecule has 0 aliphatic carbocycles. The van der Waals surface area contributed by atoms with Gasteiger partial charge in [-0.15, -0.1) is 21.5 Å². The lowest BCUT2D eigenvalue weighted by atomic mass is 10.1. The Hall–Kier alpha value is -4.55. The van der Waals surface area contributed by atoms with Gasteiger partial charge in [-0.3, -0.25) is 19.5 Å². The van der Waals surface area contributed by atoms with Gasteiger partial charge in [-0.25, -0.2) is 4.98 Å². The van der Waals surface area contributed by atoms with Gasteiger partial charge in [0.15, 0.2) is 5.16 Å². The first-order chi connectivity index (χ1) is 21.0.